The lowest BCUT2D eigenvalue weighted by Crippen LogP contribution is -2.44. The molecule has 0 unspecified atom stereocenters. The summed E-state index contributed by atoms with van der Waals surface area (Å²) in [6.45, 7) is 5.51. The molecule has 1 aliphatic rings. The zero-order chi connectivity index (χ0) is 12.1. The second-order valence-electron chi connectivity index (χ2n) is 4.11. The Balaban J connectivity index is 1.69. The summed E-state index contributed by atoms with van der Waals surface area (Å²) in [5.41, 5.74) is 0. The van der Waals surface area contributed by atoms with Gasteiger partial charge in [-0.15, -0.1) is 0 Å². The summed E-state index contributed by atoms with van der Waals surface area (Å²) in [4.78, 5) is 13.6. The Morgan fingerprint density at radius 1 is 1.41 bits per heavy atom. The van der Waals surface area contributed by atoms with E-state index in [1.54, 1.807) is 0 Å². The molecule has 2 heterocycles. The molecule has 0 spiro atoms. The maximum absolute atomic E-state index is 11.8. The molecule has 1 aliphatic heterocycles. The van der Waals surface area contributed by atoms with E-state index < -0.39 is 0 Å². The third-order valence-electron chi connectivity index (χ3n) is 2.74. The zero-order valence-electron chi connectivity index (χ0n) is 10.1. The highest BCUT2D eigenvalue weighted by atomic mass is 16.5. The van der Waals surface area contributed by atoms with Crippen LogP contribution in [0.15, 0.2) is 16.5 Å². The fourth-order valence-electron chi connectivity index (χ4n) is 1.80. The molecule has 5 heteroatoms. The number of carbonyl (C=O) groups is 1. The molecule has 1 amide bonds. The van der Waals surface area contributed by atoms with Crippen LogP contribution in [0.4, 0.5) is 0 Å². The van der Waals surface area contributed by atoms with Gasteiger partial charge in [-0.2, -0.15) is 0 Å². The summed E-state index contributed by atoms with van der Waals surface area (Å²) in [6, 6.07) is 3.84. The van der Waals surface area contributed by atoms with Gasteiger partial charge in [0.05, 0.1) is 26.3 Å². The van der Waals surface area contributed by atoms with Crippen LogP contribution < -0.4 is 5.32 Å². The summed E-state index contributed by atoms with van der Waals surface area (Å²) in [5.74, 6) is 1.87. The van der Waals surface area contributed by atoms with Crippen LogP contribution in [-0.2, 0) is 16.1 Å². The minimum Gasteiger partial charge on any atom is -0.465 e. The first-order chi connectivity index (χ1) is 8.25. The molecule has 1 saturated heterocycles. The lowest BCUT2D eigenvalue weighted by Gasteiger charge is -2.26. The molecule has 2 rings (SSSR count). The third kappa shape index (κ3) is 3.57. The van der Waals surface area contributed by atoms with E-state index in [1.165, 1.54) is 0 Å². The van der Waals surface area contributed by atoms with Gasteiger partial charge in [0, 0.05) is 13.1 Å². The van der Waals surface area contributed by atoms with Crippen LogP contribution in [0, 0.1) is 6.92 Å². The van der Waals surface area contributed by atoms with Crippen LogP contribution in [0.25, 0.3) is 0 Å². The van der Waals surface area contributed by atoms with Crippen LogP contribution in [-0.4, -0.2) is 43.7 Å². The SMILES string of the molecule is Cc1ccc(CNCC(=O)N2CCOCC2)o1. The number of morpholine rings is 1. The summed E-state index contributed by atoms with van der Waals surface area (Å²) in [5, 5.41) is 3.09. The predicted molar refractivity (Wildman–Crippen MR) is 62.6 cm³/mol. The molecular formula is C12H18N2O3. The number of hydrogen-bond acceptors (Lipinski definition) is 4. The smallest absolute Gasteiger partial charge is 0.236 e. The number of ether oxygens (including phenoxy) is 1. The number of aryl methyl sites for hydroxylation is 1. The van der Waals surface area contributed by atoms with Crippen molar-refractivity contribution in [2.24, 2.45) is 0 Å². The lowest BCUT2D eigenvalue weighted by molar-refractivity contribution is -0.134. The van der Waals surface area contributed by atoms with E-state index in [4.69, 9.17) is 9.15 Å². The van der Waals surface area contributed by atoms with Crippen molar-refractivity contribution in [2.45, 2.75) is 13.5 Å². The van der Waals surface area contributed by atoms with Crippen molar-refractivity contribution >= 4 is 5.91 Å². The molecule has 17 heavy (non-hydrogen) atoms. The van der Waals surface area contributed by atoms with Crippen LogP contribution in [0.3, 0.4) is 0 Å². The summed E-state index contributed by atoms with van der Waals surface area (Å²) in [6.07, 6.45) is 0. The number of amides is 1. The third-order valence-corrected chi connectivity index (χ3v) is 2.74. The first-order valence-electron chi connectivity index (χ1n) is 5.87. The van der Waals surface area contributed by atoms with Gasteiger partial charge in [-0.1, -0.05) is 0 Å². The number of rotatable bonds is 4. The fourth-order valence-corrected chi connectivity index (χ4v) is 1.80. The first-order valence-corrected chi connectivity index (χ1v) is 5.87. The second kappa shape index (κ2) is 5.84. The Morgan fingerprint density at radius 3 is 2.82 bits per heavy atom. The number of hydrogen-bond donors (Lipinski definition) is 1. The molecule has 1 aromatic heterocycles. The molecule has 0 saturated carbocycles. The van der Waals surface area contributed by atoms with E-state index in [0.29, 0.717) is 39.4 Å². The van der Waals surface area contributed by atoms with Crippen molar-refractivity contribution in [1.82, 2.24) is 10.2 Å². The van der Waals surface area contributed by atoms with E-state index in [9.17, 15) is 4.79 Å². The molecule has 0 aromatic carbocycles. The second-order valence-corrected chi connectivity index (χ2v) is 4.11. The first kappa shape index (κ1) is 12.1. The molecule has 5 nitrogen and oxygen atoms in total. The Morgan fingerprint density at radius 2 is 2.18 bits per heavy atom. The molecule has 1 fully saturated rings. The summed E-state index contributed by atoms with van der Waals surface area (Å²) >= 11 is 0. The van der Waals surface area contributed by atoms with Gasteiger partial charge in [0.25, 0.3) is 0 Å². The summed E-state index contributed by atoms with van der Waals surface area (Å²) < 4.78 is 10.6. The Kier molecular flexibility index (Phi) is 4.17. The standard InChI is InChI=1S/C12H18N2O3/c1-10-2-3-11(17-10)8-13-9-12(15)14-4-6-16-7-5-14/h2-3,13H,4-9H2,1H3. The summed E-state index contributed by atoms with van der Waals surface area (Å²) in [7, 11) is 0. The van der Waals surface area contributed by atoms with E-state index >= 15 is 0 Å². The molecule has 94 valence electrons. The minimum absolute atomic E-state index is 0.122. The van der Waals surface area contributed by atoms with Gasteiger partial charge >= 0.3 is 0 Å². The highest BCUT2D eigenvalue weighted by Gasteiger charge is 2.15. The van der Waals surface area contributed by atoms with Gasteiger partial charge < -0.3 is 19.4 Å². The Hall–Kier alpha value is -1.33. The molecule has 0 atom stereocenters. The predicted octanol–water partition coefficient (Wildman–Crippen LogP) is 0.536. The van der Waals surface area contributed by atoms with Crippen LogP contribution in [0.1, 0.15) is 11.5 Å². The Labute approximate surface area is 101 Å². The zero-order valence-corrected chi connectivity index (χ0v) is 10.1. The van der Waals surface area contributed by atoms with E-state index in [0.717, 1.165) is 11.5 Å². The van der Waals surface area contributed by atoms with Crippen molar-refractivity contribution in [3.8, 4) is 0 Å². The normalized spacial score (nSPS) is 16.2. The molecule has 1 N–H and O–H groups in total. The maximum Gasteiger partial charge on any atom is 0.236 e. The quantitative estimate of drug-likeness (QED) is 0.831. The van der Waals surface area contributed by atoms with Crippen molar-refractivity contribution in [1.29, 1.82) is 0 Å². The van der Waals surface area contributed by atoms with E-state index in [1.807, 2.05) is 24.0 Å². The molecule has 0 bridgehead atoms. The lowest BCUT2D eigenvalue weighted by atomic mass is 10.4. The number of nitrogens with one attached hydrogen (secondary N) is 1. The van der Waals surface area contributed by atoms with Crippen molar-refractivity contribution < 1.29 is 13.9 Å². The number of nitrogens with zero attached hydrogens (tertiary/aromatic N) is 1. The van der Waals surface area contributed by atoms with Crippen molar-refractivity contribution in [2.75, 3.05) is 32.8 Å². The maximum atomic E-state index is 11.8. The van der Waals surface area contributed by atoms with Gasteiger partial charge in [0.1, 0.15) is 11.5 Å². The van der Waals surface area contributed by atoms with E-state index in [-0.39, 0.29) is 5.91 Å². The fraction of sp³-hybridized carbons (Fsp3) is 0.583. The van der Waals surface area contributed by atoms with Gasteiger partial charge in [-0.3, -0.25) is 4.79 Å². The number of carbonyl (C=O) groups excluding carboxylic acids is 1. The van der Waals surface area contributed by atoms with E-state index in [2.05, 4.69) is 5.32 Å². The Bertz CT molecular complexity index is 370. The molecular weight excluding hydrogens is 220 g/mol. The topological polar surface area (TPSA) is 54.7 Å². The van der Waals surface area contributed by atoms with Gasteiger partial charge in [0.15, 0.2) is 0 Å². The van der Waals surface area contributed by atoms with Gasteiger partial charge in [-0.05, 0) is 19.1 Å². The van der Waals surface area contributed by atoms with Crippen molar-refractivity contribution in [3.05, 3.63) is 23.7 Å². The molecule has 0 aliphatic carbocycles. The van der Waals surface area contributed by atoms with Gasteiger partial charge in [0.2, 0.25) is 5.91 Å². The molecule has 0 radical (unpaired) electrons. The average molecular weight is 238 g/mol. The highest BCUT2D eigenvalue weighted by molar-refractivity contribution is 5.78. The number of furan rings is 1. The average Bonchev–Trinajstić information content (AvgIpc) is 2.76. The highest BCUT2D eigenvalue weighted by Crippen LogP contribution is 2.05. The van der Waals surface area contributed by atoms with Crippen LogP contribution in [0.5, 0.6) is 0 Å². The monoisotopic (exact) mass is 238 g/mol. The van der Waals surface area contributed by atoms with Gasteiger partial charge in [-0.25, -0.2) is 0 Å². The van der Waals surface area contributed by atoms with Crippen molar-refractivity contribution in [3.63, 3.8) is 0 Å². The van der Waals surface area contributed by atoms with Crippen LogP contribution >= 0.6 is 0 Å². The molecule has 1 aromatic rings. The van der Waals surface area contributed by atoms with Crippen LogP contribution in [0.2, 0.25) is 0 Å². The minimum atomic E-state index is 0.122. The largest absolute Gasteiger partial charge is 0.465 e.